The highest BCUT2D eigenvalue weighted by Crippen LogP contribution is 2.31. The average Bonchev–Trinajstić information content (AvgIpc) is 2.56. The Hall–Kier alpha value is -3.03. The van der Waals surface area contributed by atoms with E-state index in [0.717, 1.165) is 6.07 Å². The maximum Gasteiger partial charge on any atom is 0.265 e. The molecular weight excluding hydrogens is 325 g/mol. The van der Waals surface area contributed by atoms with Gasteiger partial charge in [-0.25, -0.2) is 13.2 Å². The first kappa shape index (κ1) is 15.9. The van der Waals surface area contributed by atoms with E-state index in [2.05, 4.69) is 10.6 Å². The molecule has 8 heteroatoms. The second-order valence-corrected chi connectivity index (χ2v) is 5.14. The third-order valence-corrected chi connectivity index (χ3v) is 3.46. The summed E-state index contributed by atoms with van der Waals surface area (Å²) in [4.78, 5) is 23.6. The van der Waals surface area contributed by atoms with E-state index in [1.807, 2.05) is 0 Å². The topological polar surface area (TPSA) is 67.4 Å². The number of rotatable bonds is 2. The van der Waals surface area contributed by atoms with Gasteiger partial charge in [0, 0.05) is 5.56 Å². The molecule has 1 heterocycles. The van der Waals surface area contributed by atoms with Crippen molar-refractivity contribution in [2.45, 2.75) is 13.0 Å². The molecule has 5 nitrogen and oxygen atoms in total. The number of hydrogen-bond acceptors (Lipinski definition) is 3. The van der Waals surface area contributed by atoms with Gasteiger partial charge in [0.2, 0.25) is 0 Å². The van der Waals surface area contributed by atoms with Crippen molar-refractivity contribution < 1.29 is 27.5 Å². The fourth-order valence-electron chi connectivity index (χ4n) is 2.16. The Balaban J connectivity index is 1.85. The number of nitrogens with one attached hydrogen (secondary N) is 2. The van der Waals surface area contributed by atoms with Gasteiger partial charge in [0.1, 0.15) is 5.75 Å². The zero-order valence-corrected chi connectivity index (χ0v) is 12.3. The third-order valence-electron chi connectivity index (χ3n) is 3.46. The van der Waals surface area contributed by atoms with Crippen LogP contribution in [0.15, 0.2) is 30.3 Å². The lowest BCUT2D eigenvalue weighted by Crippen LogP contribution is -2.34. The molecule has 0 radical (unpaired) electrons. The van der Waals surface area contributed by atoms with Crippen LogP contribution in [-0.4, -0.2) is 17.9 Å². The van der Waals surface area contributed by atoms with Gasteiger partial charge in [-0.05, 0) is 37.3 Å². The van der Waals surface area contributed by atoms with Crippen molar-refractivity contribution in [1.82, 2.24) is 0 Å². The molecule has 124 valence electrons. The van der Waals surface area contributed by atoms with E-state index < -0.39 is 35.2 Å². The molecule has 2 N–H and O–H groups in total. The monoisotopic (exact) mass is 336 g/mol. The summed E-state index contributed by atoms with van der Waals surface area (Å²) in [5.41, 5.74) is 0.00843. The zero-order valence-electron chi connectivity index (χ0n) is 12.3. The van der Waals surface area contributed by atoms with Crippen molar-refractivity contribution >= 4 is 23.2 Å². The summed E-state index contributed by atoms with van der Waals surface area (Å²) in [6, 6.07) is 5.82. The van der Waals surface area contributed by atoms with E-state index in [1.165, 1.54) is 18.2 Å². The van der Waals surface area contributed by atoms with Crippen LogP contribution in [-0.2, 0) is 4.79 Å². The van der Waals surface area contributed by atoms with Gasteiger partial charge in [0.15, 0.2) is 23.6 Å². The number of hydrogen-bond donors (Lipinski definition) is 2. The Morgan fingerprint density at radius 1 is 1.17 bits per heavy atom. The number of anilines is 2. The highest BCUT2D eigenvalue weighted by atomic mass is 19.2. The summed E-state index contributed by atoms with van der Waals surface area (Å²) in [7, 11) is 0. The Morgan fingerprint density at radius 3 is 2.67 bits per heavy atom. The lowest BCUT2D eigenvalue weighted by molar-refractivity contribution is -0.122. The van der Waals surface area contributed by atoms with Gasteiger partial charge in [-0.1, -0.05) is 0 Å². The van der Waals surface area contributed by atoms with Crippen LogP contribution < -0.4 is 15.4 Å². The van der Waals surface area contributed by atoms with Crippen molar-refractivity contribution in [3.05, 3.63) is 53.3 Å². The van der Waals surface area contributed by atoms with Gasteiger partial charge in [-0.3, -0.25) is 9.59 Å². The molecule has 1 aliphatic rings. The van der Waals surface area contributed by atoms with Crippen LogP contribution in [0.2, 0.25) is 0 Å². The molecule has 1 unspecified atom stereocenters. The number of halogens is 3. The molecular formula is C16H11F3N2O3. The van der Waals surface area contributed by atoms with Gasteiger partial charge in [0.25, 0.3) is 11.8 Å². The summed E-state index contributed by atoms with van der Waals surface area (Å²) in [6.07, 6.45) is -0.723. The minimum atomic E-state index is -1.67. The molecule has 0 aliphatic carbocycles. The van der Waals surface area contributed by atoms with Crippen LogP contribution >= 0.6 is 0 Å². The minimum absolute atomic E-state index is 0.0984. The lowest BCUT2D eigenvalue weighted by atomic mass is 10.1. The average molecular weight is 336 g/mol. The van der Waals surface area contributed by atoms with Crippen LogP contribution in [0.3, 0.4) is 0 Å². The van der Waals surface area contributed by atoms with E-state index >= 15 is 0 Å². The van der Waals surface area contributed by atoms with Crippen molar-refractivity contribution in [3.63, 3.8) is 0 Å². The second kappa shape index (κ2) is 5.88. The Morgan fingerprint density at radius 2 is 1.92 bits per heavy atom. The summed E-state index contributed by atoms with van der Waals surface area (Å²) in [5.74, 6) is -5.28. The van der Waals surface area contributed by atoms with Crippen molar-refractivity contribution in [3.8, 4) is 5.75 Å². The highest BCUT2D eigenvalue weighted by Gasteiger charge is 2.24. The molecule has 1 atom stereocenters. The molecule has 0 bridgehead atoms. The molecule has 0 aromatic heterocycles. The van der Waals surface area contributed by atoms with Crippen LogP contribution in [0.1, 0.15) is 17.3 Å². The smallest absolute Gasteiger partial charge is 0.265 e. The number of ether oxygens (including phenoxy) is 1. The molecule has 0 saturated heterocycles. The fraction of sp³-hybridized carbons (Fsp3) is 0.125. The van der Waals surface area contributed by atoms with E-state index in [4.69, 9.17) is 4.74 Å². The molecule has 0 fully saturated rings. The number of fused-ring (bicyclic) bond motifs is 1. The lowest BCUT2D eigenvalue weighted by Gasteiger charge is -2.23. The maximum absolute atomic E-state index is 13.6. The van der Waals surface area contributed by atoms with Crippen LogP contribution in [0, 0.1) is 17.5 Å². The summed E-state index contributed by atoms with van der Waals surface area (Å²) in [6.45, 7) is 1.54. The molecule has 24 heavy (non-hydrogen) atoms. The maximum atomic E-state index is 13.6. The van der Waals surface area contributed by atoms with Gasteiger partial charge in [-0.15, -0.1) is 0 Å². The van der Waals surface area contributed by atoms with E-state index in [1.54, 1.807) is 6.92 Å². The predicted octanol–water partition coefficient (Wildman–Crippen LogP) is 3.08. The first-order valence-electron chi connectivity index (χ1n) is 6.93. The Bertz CT molecular complexity index is 855. The first-order valence-corrected chi connectivity index (χ1v) is 6.93. The van der Waals surface area contributed by atoms with Crippen molar-refractivity contribution in [2.24, 2.45) is 0 Å². The Labute approximate surface area is 134 Å². The van der Waals surface area contributed by atoms with Crippen LogP contribution in [0.4, 0.5) is 24.5 Å². The van der Waals surface area contributed by atoms with Crippen molar-refractivity contribution in [2.75, 3.05) is 10.6 Å². The van der Waals surface area contributed by atoms with Crippen LogP contribution in [0.25, 0.3) is 0 Å². The molecule has 2 aromatic carbocycles. The summed E-state index contributed by atoms with van der Waals surface area (Å²) in [5, 5.41) is 4.76. The first-order chi connectivity index (χ1) is 11.4. The van der Waals surface area contributed by atoms with Gasteiger partial charge in [0.05, 0.1) is 11.4 Å². The van der Waals surface area contributed by atoms with Gasteiger partial charge in [-0.2, -0.15) is 0 Å². The SMILES string of the molecule is CC1Oc2cc(C(=O)Nc3ccc(F)c(F)c3F)ccc2NC1=O. The molecule has 0 spiro atoms. The zero-order chi connectivity index (χ0) is 17.4. The number of benzene rings is 2. The molecule has 2 amide bonds. The Kier molecular flexibility index (Phi) is 3.88. The minimum Gasteiger partial charge on any atom is -0.479 e. The van der Waals surface area contributed by atoms with E-state index in [9.17, 15) is 22.8 Å². The van der Waals surface area contributed by atoms with Crippen LogP contribution in [0.5, 0.6) is 5.75 Å². The highest BCUT2D eigenvalue weighted by molar-refractivity contribution is 6.06. The number of carbonyl (C=O) groups excluding carboxylic acids is 2. The number of carbonyl (C=O) groups is 2. The molecule has 2 aromatic rings. The largest absolute Gasteiger partial charge is 0.479 e. The van der Waals surface area contributed by atoms with E-state index in [0.29, 0.717) is 11.8 Å². The molecule has 0 saturated carbocycles. The quantitative estimate of drug-likeness (QED) is 0.828. The van der Waals surface area contributed by atoms with Gasteiger partial charge >= 0.3 is 0 Å². The second-order valence-electron chi connectivity index (χ2n) is 5.14. The molecule has 1 aliphatic heterocycles. The summed E-state index contributed by atoms with van der Waals surface area (Å²) < 4.78 is 45.1. The standard InChI is InChI=1S/C16H11F3N2O3/c1-7-15(22)20-10-4-2-8(6-12(10)24-7)16(23)21-11-5-3-9(17)13(18)14(11)19/h2-7H,1H3,(H,20,22)(H,21,23). The van der Waals surface area contributed by atoms with E-state index in [-0.39, 0.29) is 17.2 Å². The van der Waals surface area contributed by atoms with Crippen molar-refractivity contribution in [1.29, 1.82) is 0 Å². The van der Waals surface area contributed by atoms with Gasteiger partial charge < -0.3 is 15.4 Å². The normalized spacial score (nSPS) is 16.0. The third kappa shape index (κ3) is 2.78. The number of amides is 2. The molecule has 3 rings (SSSR count). The fourth-order valence-corrected chi connectivity index (χ4v) is 2.16. The predicted molar refractivity (Wildman–Crippen MR) is 79.4 cm³/mol. The summed E-state index contributed by atoms with van der Waals surface area (Å²) >= 11 is 0.